The molecule has 3 heteroatoms. The summed E-state index contributed by atoms with van der Waals surface area (Å²) in [5.74, 6) is 0.766. The molecule has 0 aliphatic carbocycles. The fourth-order valence-electron chi connectivity index (χ4n) is 2.65. The molecule has 90 valence electrons. The Balaban J connectivity index is 2.47. The van der Waals surface area contributed by atoms with Crippen molar-refractivity contribution in [1.29, 1.82) is 0 Å². The van der Waals surface area contributed by atoms with Gasteiger partial charge >= 0.3 is 0 Å². The molecule has 1 fully saturated rings. The zero-order chi connectivity index (χ0) is 11.4. The van der Waals surface area contributed by atoms with Crippen LogP contribution in [-0.4, -0.2) is 43.4 Å². The molecular formula is C12H28N2O+2. The Morgan fingerprint density at radius 1 is 1.47 bits per heavy atom. The molecule has 0 saturated carbocycles. The van der Waals surface area contributed by atoms with Crippen LogP contribution < -0.4 is 10.2 Å². The second-order valence-electron chi connectivity index (χ2n) is 5.37. The van der Waals surface area contributed by atoms with Crippen LogP contribution >= 0.6 is 0 Å². The van der Waals surface area contributed by atoms with Gasteiger partial charge in [0.1, 0.15) is 6.04 Å². The third kappa shape index (κ3) is 3.44. The molecule has 1 saturated heterocycles. The lowest BCUT2D eigenvalue weighted by atomic mass is 9.89. The summed E-state index contributed by atoms with van der Waals surface area (Å²) in [5.41, 5.74) is 0. The molecule has 0 aromatic rings. The van der Waals surface area contributed by atoms with Gasteiger partial charge in [-0.1, -0.05) is 13.8 Å². The van der Waals surface area contributed by atoms with Gasteiger partial charge in [-0.15, -0.1) is 0 Å². The van der Waals surface area contributed by atoms with Gasteiger partial charge in [-0.05, 0) is 13.3 Å². The Morgan fingerprint density at radius 3 is 2.67 bits per heavy atom. The number of aliphatic hydroxyl groups is 1. The second kappa shape index (κ2) is 5.83. The quantitative estimate of drug-likeness (QED) is 0.533. The van der Waals surface area contributed by atoms with E-state index in [1.165, 1.54) is 13.0 Å². The number of aliphatic hydroxyl groups excluding tert-OH is 1. The molecule has 0 amide bonds. The summed E-state index contributed by atoms with van der Waals surface area (Å²) < 4.78 is 0. The number of likely N-dealkylation sites (tertiary alicyclic amines) is 1. The van der Waals surface area contributed by atoms with Gasteiger partial charge in [-0.3, -0.25) is 0 Å². The Kier molecular flexibility index (Phi) is 5.03. The Labute approximate surface area is 93.9 Å². The van der Waals surface area contributed by atoms with Gasteiger partial charge in [0.25, 0.3) is 0 Å². The standard InChI is InChI=1S/C12H26N2O/c1-5-11(8-15)13-12-6-10(3)14(4)7-9(12)2/h9-13,15H,5-8H2,1-4H3/p+2/t9-,10-,11-,12+/m0/s1. The summed E-state index contributed by atoms with van der Waals surface area (Å²) >= 11 is 0. The number of quaternary nitrogens is 2. The van der Waals surface area contributed by atoms with E-state index in [0.29, 0.717) is 18.7 Å². The summed E-state index contributed by atoms with van der Waals surface area (Å²) in [6.45, 7) is 8.43. The zero-order valence-electron chi connectivity index (χ0n) is 10.7. The Hall–Kier alpha value is -0.120. The third-order valence-electron chi connectivity index (χ3n) is 4.12. The van der Waals surface area contributed by atoms with Crippen molar-refractivity contribution in [1.82, 2.24) is 0 Å². The van der Waals surface area contributed by atoms with Gasteiger partial charge in [0.15, 0.2) is 0 Å². The van der Waals surface area contributed by atoms with Crippen LogP contribution in [0.4, 0.5) is 0 Å². The first-order valence-electron chi connectivity index (χ1n) is 6.36. The number of hydrogen-bond acceptors (Lipinski definition) is 1. The normalized spacial score (nSPS) is 39.0. The first kappa shape index (κ1) is 12.9. The highest BCUT2D eigenvalue weighted by Crippen LogP contribution is 2.08. The molecule has 1 unspecified atom stereocenters. The van der Waals surface area contributed by atoms with E-state index in [4.69, 9.17) is 0 Å². The van der Waals surface area contributed by atoms with E-state index in [-0.39, 0.29) is 0 Å². The fraction of sp³-hybridized carbons (Fsp3) is 1.00. The lowest BCUT2D eigenvalue weighted by Gasteiger charge is -2.36. The van der Waals surface area contributed by atoms with Crippen molar-refractivity contribution in [3.8, 4) is 0 Å². The minimum atomic E-state index is 0.316. The maximum atomic E-state index is 9.22. The van der Waals surface area contributed by atoms with Crippen LogP contribution in [0.5, 0.6) is 0 Å². The minimum absolute atomic E-state index is 0.316. The van der Waals surface area contributed by atoms with Gasteiger partial charge in [0.05, 0.1) is 44.6 Å². The monoisotopic (exact) mass is 216 g/mol. The minimum Gasteiger partial charge on any atom is -0.390 e. The number of nitrogens with one attached hydrogen (secondary N) is 1. The van der Waals surface area contributed by atoms with E-state index in [1.54, 1.807) is 4.90 Å². The number of hydrogen-bond donors (Lipinski definition) is 3. The molecule has 5 atom stereocenters. The van der Waals surface area contributed by atoms with Crippen molar-refractivity contribution in [2.24, 2.45) is 5.92 Å². The van der Waals surface area contributed by atoms with E-state index < -0.39 is 0 Å². The summed E-state index contributed by atoms with van der Waals surface area (Å²) in [4.78, 5) is 1.66. The highest BCUT2D eigenvalue weighted by Gasteiger charge is 2.35. The van der Waals surface area contributed by atoms with Gasteiger partial charge in [0, 0.05) is 0 Å². The van der Waals surface area contributed by atoms with Crippen molar-refractivity contribution in [3.63, 3.8) is 0 Å². The third-order valence-corrected chi connectivity index (χ3v) is 4.12. The van der Waals surface area contributed by atoms with Gasteiger partial charge in [-0.2, -0.15) is 0 Å². The highest BCUT2D eigenvalue weighted by molar-refractivity contribution is 4.71. The summed E-state index contributed by atoms with van der Waals surface area (Å²) in [7, 11) is 2.29. The average molecular weight is 216 g/mol. The summed E-state index contributed by atoms with van der Waals surface area (Å²) in [6, 6.07) is 1.88. The van der Waals surface area contributed by atoms with Crippen molar-refractivity contribution in [3.05, 3.63) is 0 Å². The smallest absolute Gasteiger partial charge is 0.109 e. The lowest BCUT2D eigenvalue weighted by Crippen LogP contribution is -3.17. The first-order valence-corrected chi connectivity index (χ1v) is 6.36. The largest absolute Gasteiger partial charge is 0.390 e. The van der Waals surface area contributed by atoms with Crippen molar-refractivity contribution < 1.29 is 15.3 Å². The van der Waals surface area contributed by atoms with E-state index in [2.05, 4.69) is 33.1 Å². The molecule has 4 N–H and O–H groups in total. The second-order valence-corrected chi connectivity index (χ2v) is 5.37. The van der Waals surface area contributed by atoms with Gasteiger partial charge in [-0.25, -0.2) is 0 Å². The predicted octanol–water partition coefficient (Wildman–Crippen LogP) is -1.37. The topological polar surface area (TPSA) is 41.3 Å². The first-order chi connectivity index (χ1) is 7.08. The predicted molar refractivity (Wildman–Crippen MR) is 61.9 cm³/mol. The summed E-state index contributed by atoms with van der Waals surface area (Å²) in [6.07, 6.45) is 2.35. The van der Waals surface area contributed by atoms with Crippen LogP contribution in [0, 0.1) is 5.92 Å². The number of piperidine rings is 1. The Bertz CT molecular complexity index is 182. The van der Waals surface area contributed by atoms with Crippen LogP contribution in [0.3, 0.4) is 0 Å². The van der Waals surface area contributed by atoms with Crippen LogP contribution in [-0.2, 0) is 0 Å². The van der Waals surface area contributed by atoms with E-state index >= 15 is 0 Å². The summed E-state index contributed by atoms with van der Waals surface area (Å²) in [5, 5.41) is 11.6. The molecule has 1 aliphatic rings. The van der Waals surface area contributed by atoms with Gasteiger partial charge < -0.3 is 15.3 Å². The molecular weight excluding hydrogens is 188 g/mol. The maximum absolute atomic E-state index is 9.22. The molecule has 1 rings (SSSR count). The maximum Gasteiger partial charge on any atom is 0.109 e. The molecule has 0 bridgehead atoms. The van der Waals surface area contributed by atoms with Crippen molar-refractivity contribution >= 4 is 0 Å². The molecule has 0 radical (unpaired) electrons. The van der Waals surface area contributed by atoms with Crippen LogP contribution in [0.1, 0.15) is 33.6 Å². The van der Waals surface area contributed by atoms with Crippen molar-refractivity contribution in [2.45, 2.75) is 51.7 Å². The van der Waals surface area contributed by atoms with Crippen LogP contribution in [0.15, 0.2) is 0 Å². The molecule has 15 heavy (non-hydrogen) atoms. The van der Waals surface area contributed by atoms with Crippen LogP contribution in [0.25, 0.3) is 0 Å². The highest BCUT2D eigenvalue weighted by atomic mass is 16.3. The SMILES string of the molecule is CC[C@@H](CO)[NH2+][C@@H]1C[C@H](C)[NH+](C)C[C@@H]1C. The van der Waals surface area contributed by atoms with E-state index in [9.17, 15) is 5.11 Å². The molecule has 1 heterocycles. The molecule has 0 aromatic heterocycles. The lowest BCUT2D eigenvalue weighted by molar-refractivity contribution is -0.924. The van der Waals surface area contributed by atoms with Crippen molar-refractivity contribution in [2.75, 3.05) is 20.2 Å². The zero-order valence-corrected chi connectivity index (χ0v) is 10.7. The van der Waals surface area contributed by atoms with Gasteiger partial charge in [0.2, 0.25) is 0 Å². The van der Waals surface area contributed by atoms with E-state index in [1.807, 2.05) is 0 Å². The van der Waals surface area contributed by atoms with E-state index in [0.717, 1.165) is 18.4 Å². The fourth-order valence-corrected chi connectivity index (χ4v) is 2.65. The molecule has 3 nitrogen and oxygen atoms in total. The molecule has 0 aromatic carbocycles. The molecule has 0 spiro atoms. The molecule has 1 aliphatic heterocycles. The van der Waals surface area contributed by atoms with Crippen LogP contribution in [0.2, 0.25) is 0 Å². The average Bonchev–Trinajstić information content (AvgIpc) is 2.21. The number of nitrogens with two attached hydrogens (primary N) is 1. The number of rotatable bonds is 4. The Morgan fingerprint density at radius 2 is 2.13 bits per heavy atom.